The number of hydrogen-bond donors (Lipinski definition) is 2. The van der Waals surface area contributed by atoms with Gasteiger partial charge in [-0.2, -0.15) is 0 Å². The maximum atomic E-state index is 13.1. The predicted molar refractivity (Wildman–Crippen MR) is 81.1 cm³/mol. The SMILES string of the molecule is NC(=O)N1CCCN(C(=O)CNC(=O)c2cccc(F)c2)CC1. The van der Waals surface area contributed by atoms with Crippen LogP contribution in [0.15, 0.2) is 24.3 Å². The summed E-state index contributed by atoms with van der Waals surface area (Å²) < 4.78 is 13.1. The highest BCUT2D eigenvalue weighted by Gasteiger charge is 2.21. The molecule has 0 spiro atoms. The van der Waals surface area contributed by atoms with Gasteiger partial charge >= 0.3 is 6.03 Å². The van der Waals surface area contributed by atoms with Gasteiger partial charge in [0.25, 0.3) is 5.91 Å². The van der Waals surface area contributed by atoms with Crippen LogP contribution in [-0.4, -0.2) is 60.4 Å². The van der Waals surface area contributed by atoms with Crippen molar-refractivity contribution in [3.05, 3.63) is 35.6 Å². The number of hydrogen-bond acceptors (Lipinski definition) is 3. The average Bonchev–Trinajstić information content (AvgIpc) is 2.78. The smallest absolute Gasteiger partial charge is 0.314 e. The van der Waals surface area contributed by atoms with Gasteiger partial charge in [-0.3, -0.25) is 9.59 Å². The van der Waals surface area contributed by atoms with Gasteiger partial charge in [0.15, 0.2) is 0 Å². The van der Waals surface area contributed by atoms with Crippen LogP contribution in [-0.2, 0) is 4.79 Å². The fraction of sp³-hybridized carbons (Fsp3) is 0.400. The Kier molecular flexibility index (Phi) is 5.51. The van der Waals surface area contributed by atoms with E-state index in [4.69, 9.17) is 5.73 Å². The topological polar surface area (TPSA) is 95.7 Å². The van der Waals surface area contributed by atoms with Crippen molar-refractivity contribution >= 4 is 17.8 Å². The van der Waals surface area contributed by atoms with Crippen molar-refractivity contribution in [1.29, 1.82) is 0 Å². The molecule has 4 amide bonds. The maximum absolute atomic E-state index is 13.1. The largest absolute Gasteiger partial charge is 0.351 e. The molecule has 0 saturated carbocycles. The molecule has 1 aliphatic rings. The van der Waals surface area contributed by atoms with Crippen LogP contribution < -0.4 is 11.1 Å². The normalized spacial score (nSPS) is 15.0. The Morgan fingerprint density at radius 2 is 1.83 bits per heavy atom. The molecule has 1 fully saturated rings. The van der Waals surface area contributed by atoms with Gasteiger partial charge in [0.05, 0.1) is 6.54 Å². The Balaban J connectivity index is 1.85. The van der Waals surface area contributed by atoms with Crippen LogP contribution in [0.25, 0.3) is 0 Å². The lowest BCUT2D eigenvalue weighted by Crippen LogP contribution is -2.43. The van der Waals surface area contributed by atoms with Crippen molar-refractivity contribution in [3.8, 4) is 0 Å². The van der Waals surface area contributed by atoms with Gasteiger partial charge in [0.1, 0.15) is 5.82 Å². The number of nitrogens with zero attached hydrogens (tertiary/aromatic N) is 2. The molecule has 1 aromatic rings. The molecule has 0 atom stereocenters. The van der Waals surface area contributed by atoms with Gasteiger partial charge in [-0.1, -0.05) is 6.07 Å². The van der Waals surface area contributed by atoms with Crippen molar-refractivity contribution in [2.45, 2.75) is 6.42 Å². The van der Waals surface area contributed by atoms with Crippen molar-refractivity contribution in [1.82, 2.24) is 15.1 Å². The van der Waals surface area contributed by atoms with E-state index in [1.165, 1.54) is 23.1 Å². The van der Waals surface area contributed by atoms with Crippen molar-refractivity contribution in [2.75, 3.05) is 32.7 Å². The van der Waals surface area contributed by atoms with Crippen LogP contribution in [0.5, 0.6) is 0 Å². The molecule has 124 valence electrons. The lowest BCUT2D eigenvalue weighted by atomic mass is 10.2. The minimum Gasteiger partial charge on any atom is -0.351 e. The Labute approximate surface area is 133 Å². The summed E-state index contributed by atoms with van der Waals surface area (Å²) in [5.74, 6) is -1.27. The molecule has 0 bridgehead atoms. The molecule has 0 radical (unpaired) electrons. The van der Waals surface area contributed by atoms with E-state index in [-0.39, 0.29) is 18.0 Å². The lowest BCUT2D eigenvalue weighted by Gasteiger charge is -2.21. The number of nitrogens with one attached hydrogen (secondary N) is 1. The number of halogens is 1. The van der Waals surface area contributed by atoms with Crippen LogP contribution in [0.2, 0.25) is 0 Å². The zero-order chi connectivity index (χ0) is 16.8. The summed E-state index contributed by atoms with van der Waals surface area (Å²) in [5.41, 5.74) is 5.39. The highest BCUT2D eigenvalue weighted by atomic mass is 19.1. The van der Waals surface area contributed by atoms with E-state index in [0.717, 1.165) is 6.07 Å². The lowest BCUT2D eigenvalue weighted by molar-refractivity contribution is -0.129. The fourth-order valence-electron chi connectivity index (χ4n) is 2.39. The van der Waals surface area contributed by atoms with E-state index in [9.17, 15) is 18.8 Å². The summed E-state index contributed by atoms with van der Waals surface area (Å²) in [6, 6.07) is 4.75. The molecule has 3 N–H and O–H groups in total. The third-order valence-corrected chi connectivity index (χ3v) is 3.65. The number of nitrogens with two attached hydrogens (primary N) is 1. The second-order valence-corrected chi connectivity index (χ2v) is 5.25. The quantitative estimate of drug-likeness (QED) is 0.830. The molecular formula is C15H19FN4O3. The third kappa shape index (κ3) is 4.67. The first-order valence-corrected chi connectivity index (χ1v) is 7.33. The first-order valence-electron chi connectivity index (χ1n) is 7.33. The van der Waals surface area contributed by atoms with Crippen molar-refractivity contribution in [2.24, 2.45) is 5.73 Å². The molecular weight excluding hydrogens is 303 g/mol. The Bertz CT molecular complexity index is 608. The molecule has 2 rings (SSSR count). The van der Waals surface area contributed by atoms with Crippen LogP contribution in [0.3, 0.4) is 0 Å². The molecule has 0 aliphatic carbocycles. The van der Waals surface area contributed by atoms with Crippen molar-refractivity contribution < 1.29 is 18.8 Å². The molecule has 1 saturated heterocycles. The number of amides is 4. The number of urea groups is 1. The number of benzene rings is 1. The Hall–Kier alpha value is -2.64. The van der Waals surface area contributed by atoms with E-state index in [2.05, 4.69) is 5.32 Å². The summed E-state index contributed by atoms with van der Waals surface area (Å²) in [5, 5.41) is 2.48. The standard InChI is InChI=1S/C15H19FN4O3/c16-12-4-1-3-11(9-12)14(22)18-10-13(21)19-5-2-6-20(8-7-19)15(17)23/h1,3-4,9H,2,5-8,10H2,(H2,17,23)(H,18,22). The number of carbonyl (C=O) groups excluding carboxylic acids is 3. The second-order valence-electron chi connectivity index (χ2n) is 5.25. The van der Waals surface area contributed by atoms with Crippen LogP contribution >= 0.6 is 0 Å². The van der Waals surface area contributed by atoms with Crippen LogP contribution in [0.1, 0.15) is 16.8 Å². The molecule has 23 heavy (non-hydrogen) atoms. The van der Waals surface area contributed by atoms with E-state index >= 15 is 0 Å². The van der Waals surface area contributed by atoms with E-state index < -0.39 is 17.8 Å². The molecule has 1 aromatic carbocycles. The predicted octanol–water partition coefficient (Wildman–Crippen LogP) is 0.169. The molecule has 8 heteroatoms. The van der Waals surface area contributed by atoms with Crippen molar-refractivity contribution in [3.63, 3.8) is 0 Å². The number of carbonyl (C=O) groups is 3. The molecule has 1 aliphatic heterocycles. The first kappa shape index (κ1) is 16.7. The minimum absolute atomic E-state index is 0.161. The maximum Gasteiger partial charge on any atom is 0.314 e. The first-order chi connectivity index (χ1) is 11.0. The van der Waals surface area contributed by atoms with Gasteiger partial charge in [0, 0.05) is 31.7 Å². The van der Waals surface area contributed by atoms with E-state index in [0.29, 0.717) is 32.6 Å². The summed E-state index contributed by atoms with van der Waals surface area (Å²) in [6.45, 7) is 1.58. The van der Waals surface area contributed by atoms with Crippen LogP contribution in [0, 0.1) is 5.82 Å². The highest BCUT2D eigenvalue weighted by molar-refractivity contribution is 5.96. The average molecular weight is 322 g/mol. The third-order valence-electron chi connectivity index (χ3n) is 3.65. The van der Waals surface area contributed by atoms with Gasteiger partial charge in [0.2, 0.25) is 5.91 Å². The minimum atomic E-state index is -0.511. The second kappa shape index (κ2) is 7.57. The number of rotatable bonds is 3. The number of primary amides is 1. The molecule has 0 unspecified atom stereocenters. The van der Waals surface area contributed by atoms with Gasteiger partial charge in [-0.05, 0) is 24.6 Å². The molecule has 7 nitrogen and oxygen atoms in total. The Morgan fingerprint density at radius 3 is 2.52 bits per heavy atom. The molecule has 1 heterocycles. The van der Waals surface area contributed by atoms with E-state index in [1.54, 1.807) is 4.90 Å². The summed E-state index contributed by atoms with van der Waals surface area (Å²) >= 11 is 0. The Morgan fingerprint density at radius 1 is 1.13 bits per heavy atom. The van der Waals surface area contributed by atoms with Gasteiger partial charge < -0.3 is 20.9 Å². The summed E-state index contributed by atoms with van der Waals surface area (Å²) in [4.78, 5) is 38.2. The highest BCUT2D eigenvalue weighted by Crippen LogP contribution is 2.05. The van der Waals surface area contributed by atoms with E-state index in [1.807, 2.05) is 0 Å². The zero-order valence-electron chi connectivity index (χ0n) is 12.6. The zero-order valence-corrected chi connectivity index (χ0v) is 12.6. The van der Waals surface area contributed by atoms with Crippen LogP contribution in [0.4, 0.5) is 9.18 Å². The summed E-state index contributed by atoms with van der Waals surface area (Å²) in [7, 11) is 0. The van der Waals surface area contributed by atoms with Gasteiger partial charge in [-0.15, -0.1) is 0 Å². The monoisotopic (exact) mass is 322 g/mol. The van der Waals surface area contributed by atoms with Gasteiger partial charge in [-0.25, -0.2) is 9.18 Å². The fourth-order valence-corrected chi connectivity index (χ4v) is 2.39. The molecule has 0 aromatic heterocycles. The summed E-state index contributed by atoms with van der Waals surface area (Å²) in [6.07, 6.45) is 0.631.